The number of carbonyl (C=O) groups is 1. The van der Waals surface area contributed by atoms with Crippen LogP contribution in [0.5, 0.6) is 0 Å². The van der Waals surface area contributed by atoms with Crippen LogP contribution in [0.4, 0.5) is 13.2 Å². The SMILES string of the molecule is C=C(C)CNC(=NCC(=O)N(C)C)N1CCC(c2cccc(C(F)(F)F)c2)C1. The van der Waals surface area contributed by atoms with Crippen molar-refractivity contribution in [1.82, 2.24) is 15.1 Å². The van der Waals surface area contributed by atoms with Gasteiger partial charge in [0.2, 0.25) is 5.91 Å². The van der Waals surface area contributed by atoms with E-state index in [4.69, 9.17) is 0 Å². The van der Waals surface area contributed by atoms with E-state index in [1.807, 2.05) is 11.8 Å². The second-order valence-electron chi connectivity index (χ2n) is 7.29. The summed E-state index contributed by atoms with van der Waals surface area (Å²) in [5.41, 5.74) is 0.954. The van der Waals surface area contributed by atoms with Gasteiger partial charge in [0.15, 0.2) is 5.96 Å². The molecular weight excluding hydrogens is 369 g/mol. The van der Waals surface area contributed by atoms with E-state index >= 15 is 0 Å². The maximum Gasteiger partial charge on any atom is 0.416 e. The molecule has 1 aliphatic rings. The zero-order chi connectivity index (χ0) is 20.9. The number of guanidine groups is 1. The molecule has 2 rings (SSSR count). The molecule has 8 heteroatoms. The lowest BCUT2D eigenvalue weighted by Crippen LogP contribution is -2.41. The number of hydrogen-bond donors (Lipinski definition) is 1. The van der Waals surface area contributed by atoms with Crippen LogP contribution in [0.3, 0.4) is 0 Å². The Bertz CT molecular complexity index is 743. The Balaban J connectivity index is 2.13. The number of alkyl halides is 3. The fourth-order valence-electron chi connectivity index (χ4n) is 2.98. The van der Waals surface area contributed by atoms with Crippen molar-refractivity contribution in [3.05, 3.63) is 47.5 Å². The summed E-state index contributed by atoms with van der Waals surface area (Å²) in [6.07, 6.45) is -3.63. The van der Waals surface area contributed by atoms with Crippen LogP contribution in [-0.2, 0) is 11.0 Å². The van der Waals surface area contributed by atoms with Gasteiger partial charge in [-0.2, -0.15) is 13.2 Å². The smallest absolute Gasteiger partial charge is 0.353 e. The highest BCUT2D eigenvalue weighted by molar-refractivity contribution is 5.85. The number of rotatable bonds is 5. The third kappa shape index (κ3) is 6.00. The highest BCUT2D eigenvalue weighted by Crippen LogP contribution is 2.33. The molecule has 1 fully saturated rings. The van der Waals surface area contributed by atoms with Gasteiger partial charge in [0.25, 0.3) is 0 Å². The second kappa shape index (κ2) is 9.12. The van der Waals surface area contributed by atoms with Gasteiger partial charge < -0.3 is 15.1 Å². The maximum atomic E-state index is 13.0. The lowest BCUT2D eigenvalue weighted by molar-refractivity contribution is -0.137. The predicted molar refractivity (Wildman–Crippen MR) is 104 cm³/mol. The largest absolute Gasteiger partial charge is 0.416 e. The Kier molecular flexibility index (Phi) is 7.10. The summed E-state index contributed by atoms with van der Waals surface area (Å²) in [4.78, 5) is 19.7. The molecule has 1 aliphatic heterocycles. The van der Waals surface area contributed by atoms with E-state index in [1.165, 1.54) is 17.0 Å². The van der Waals surface area contributed by atoms with Crippen molar-refractivity contribution in [2.45, 2.75) is 25.4 Å². The van der Waals surface area contributed by atoms with Crippen molar-refractivity contribution in [3.8, 4) is 0 Å². The molecule has 0 saturated carbocycles. The summed E-state index contributed by atoms with van der Waals surface area (Å²) in [5.74, 6) is 0.430. The minimum absolute atomic E-state index is 0.0102. The van der Waals surface area contributed by atoms with Crippen LogP contribution >= 0.6 is 0 Å². The maximum absolute atomic E-state index is 13.0. The van der Waals surface area contributed by atoms with Crippen molar-refractivity contribution >= 4 is 11.9 Å². The molecule has 0 aromatic heterocycles. The summed E-state index contributed by atoms with van der Waals surface area (Å²) in [6.45, 7) is 7.45. The normalized spacial score (nSPS) is 17.6. The monoisotopic (exact) mass is 396 g/mol. The number of nitrogens with one attached hydrogen (secondary N) is 1. The number of benzene rings is 1. The van der Waals surface area contributed by atoms with Crippen LogP contribution in [0.1, 0.15) is 30.4 Å². The second-order valence-corrected chi connectivity index (χ2v) is 7.29. The summed E-state index contributed by atoms with van der Waals surface area (Å²) in [7, 11) is 3.33. The topological polar surface area (TPSA) is 47.9 Å². The fraction of sp³-hybridized carbons (Fsp3) is 0.500. The highest BCUT2D eigenvalue weighted by atomic mass is 19.4. The van der Waals surface area contributed by atoms with Gasteiger partial charge in [-0.05, 0) is 25.0 Å². The van der Waals surface area contributed by atoms with Crippen LogP contribution < -0.4 is 5.32 Å². The quantitative estimate of drug-likeness (QED) is 0.473. The molecule has 0 spiro atoms. The Morgan fingerprint density at radius 1 is 1.39 bits per heavy atom. The van der Waals surface area contributed by atoms with Crippen LogP contribution in [0.2, 0.25) is 0 Å². The molecule has 1 saturated heterocycles. The van der Waals surface area contributed by atoms with Gasteiger partial charge in [0, 0.05) is 39.6 Å². The molecule has 0 radical (unpaired) electrons. The first-order valence-electron chi connectivity index (χ1n) is 9.13. The Labute approximate surface area is 163 Å². The van der Waals surface area contributed by atoms with Crippen LogP contribution in [0, 0.1) is 0 Å². The van der Waals surface area contributed by atoms with E-state index in [9.17, 15) is 18.0 Å². The highest BCUT2D eigenvalue weighted by Gasteiger charge is 2.32. The number of nitrogens with zero attached hydrogens (tertiary/aromatic N) is 3. The summed E-state index contributed by atoms with van der Waals surface area (Å²) in [5, 5.41) is 3.19. The van der Waals surface area contributed by atoms with Crippen molar-refractivity contribution in [2.24, 2.45) is 4.99 Å². The average Bonchev–Trinajstić information content (AvgIpc) is 3.10. The molecule has 28 heavy (non-hydrogen) atoms. The molecule has 154 valence electrons. The molecule has 1 amide bonds. The lowest BCUT2D eigenvalue weighted by atomic mass is 9.96. The van der Waals surface area contributed by atoms with E-state index in [-0.39, 0.29) is 18.4 Å². The Morgan fingerprint density at radius 2 is 2.11 bits per heavy atom. The van der Waals surface area contributed by atoms with Crippen LogP contribution in [0.15, 0.2) is 41.4 Å². The molecule has 1 heterocycles. The van der Waals surface area contributed by atoms with E-state index in [0.29, 0.717) is 31.2 Å². The number of hydrogen-bond acceptors (Lipinski definition) is 2. The molecule has 0 bridgehead atoms. The number of halogens is 3. The lowest BCUT2D eigenvalue weighted by Gasteiger charge is -2.23. The Morgan fingerprint density at radius 3 is 2.71 bits per heavy atom. The van der Waals surface area contributed by atoms with Crippen LogP contribution in [-0.4, -0.2) is 61.9 Å². The Hall–Kier alpha value is -2.51. The third-order valence-corrected chi connectivity index (χ3v) is 4.58. The minimum atomic E-state index is -4.35. The van der Waals surface area contributed by atoms with E-state index < -0.39 is 11.7 Å². The van der Waals surface area contributed by atoms with Crippen LogP contribution in [0.25, 0.3) is 0 Å². The molecular formula is C20H27F3N4O. The van der Waals surface area contributed by atoms with Gasteiger partial charge in [-0.3, -0.25) is 4.79 Å². The van der Waals surface area contributed by atoms with Gasteiger partial charge in [-0.25, -0.2) is 4.99 Å². The number of likely N-dealkylation sites (N-methyl/N-ethyl adjacent to an activating group) is 1. The van der Waals surface area contributed by atoms with E-state index in [2.05, 4.69) is 16.9 Å². The first kappa shape index (κ1) is 21.8. The predicted octanol–water partition coefficient (Wildman–Crippen LogP) is 3.10. The van der Waals surface area contributed by atoms with E-state index in [0.717, 1.165) is 18.1 Å². The van der Waals surface area contributed by atoms with Crippen molar-refractivity contribution in [3.63, 3.8) is 0 Å². The zero-order valence-corrected chi connectivity index (χ0v) is 16.5. The molecule has 1 aromatic carbocycles. The molecule has 5 nitrogen and oxygen atoms in total. The summed E-state index contributed by atoms with van der Waals surface area (Å²) >= 11 is 0. The van der Waals surface area contributed by atoms with Crippen molar-refractivity contribution in [2.75, 3.05) is 40.3 Å². The van der Waals surface area contributed by atoms with Gasteiger partial charge >= 0.3 is 6.18 Å². The van der Waals surface area contributed by atoms with Gasteiger partial charge in [-0.1, -0.05) is 30.4 Å². The summed E-state index contributed by atoms with van der Waals surface area (Å²) < 4.78 is 39.0. The molecule has 1 aromatic rings. The fourth-order valence-corrected chi connectivity index (χ4v) is 2.98. The minimum Gasteiger partial charge on any atom is -0.353 e. The van der Waals surface area contributed by atoms with Crippen molar-refractivity contribution < 1.29 is 18.0 Å². The molecule has 0 aliphatic carbocycles. The summed E-state index contributed by atoms with van der Waals surface area (Å²) in [6, 6.07) is 5.49. The molecule has 1 unspecified atom stereocenters. The first-order chi connectivity index (χ1) is 13.1. The van der Waals surface area contributed by atoms with Gasteiger partial charge in [0.1, 0.15) is 6.54 Å². The van der Waals surface area contributed by atoms with E-state index in [1.54, 1.807) is 20.2 Å². The number of carbonyl (C=O) groups excluding carboxylic acids is 1. The van der Waals surface area contributed by atoms with Crippen molar-refractivity contribution in [1.29, 1.82) is 0 Å². The molecule has 1 atom stereocenters. The number of aliphatic imine (C=N–C) groups is 1. The standard InChI is InChI=1S/C20H27F3N4O/c1-14(2)11-24-19(25-12-18(28)26(3)4)27-9-8-16(13-27)15-6-5-7-17(10-15)20(21,22)23/h5-7,10,16H,1,8-9,11-13H2,2-4H3,(H,24,25). The third-order valence-electron chi connectivity index (χ3n) is 4.58. The first-order valence-corrected chi connectivity index (χ1v) is 9.13. The number of amides is 1. The van der Waals surface area contributed by atoms with Gasteiger partial charge in [-0.15, -0.1) is 0 Å². The molecule has 1 N–H and O–H groups in total. The number of likely N-dealkylation sites (tertiary alicyclic amines) is 1. The zero-order valence-electron chi connectivity index (χ0n) is 16.5. The average molecular weight is 396 g/mol. The van der Waals surface area contributed by atoms with Gasteiger partial charge in [0.05, 0.1) is 5.56 Å².